The molecule has 0 spiro atoms. The van der Waals surface area contributed by atoms with Gasteiger partial charge in [-0.3, -0.25) is 0 Å². The Bertz CT molecular complexity index is 3000. The molecule has 0 fully saturated rings. The quantitative estimate of drug-likeness (QED) is 0.143. The van der Waals surface area contributed by atoms with Gasteiger partial charge >= 0.3 is 0 Å². The van der Waals surface area contributed by atoms with E-state index in [1.807, 2.05) is 0 Å². The molecule has 0 N–H and O–H groups in total. The van der Waals surface area contributed by atoms with Crippen LogP contribution in [0.25, 0.3) is 93.6 Å². The molecule has 0 saturated heterocycles. The molecule has 2 aromatic heterocycles. The summed E-state index contributed by atoms with van der Waals surface area (Å²) >= 11 is 0. The zero-order valence-electron chi connectivity index (χ0n) is 25.6. The van der Waals surface area contributed by atoms with E-state index in [0.29, 0.717) is 0 Å². The maximum Gasteiger partial charge on any atom is 0.138 e. The van der Waals surface area contributed by atoms with Crippen molar-refractivity contribution in [3.8, 4) is 22.5 Å². The van der Waals surface area contributed by atoms with Crippen LogP contribution >= 0.6 is 0 Å². The van der Waals surface area contributed by atoms with Gasteiger partial charge in [-0.05, 0) is 60.0 Å². The summed E-state index contributed by atoms with van der Waals surface area (Å²) in [7, 11) is 0. The predicted octanol–water partition coefficient (Wildman–Crippen LogP) is 11.4. The SMILES string of the molecule is Cc1ccc2c(c1)n1n3c4ccccc4c4cccc(c5c-1c(cc1oc6ccccc6c15)n2-c1ccc(-c2ccccc2)cc1)c43. The lowest BCUT2D eigenvalue weighted by Gasteiger charge is -2.27. The van der Waals surface area contributed by atoms with E-state index in [4.69, 9.17) is 4.42 Å². The minimum atomic E-state index is 0.892. The lowest BCUT2D eigenvalue weighted by Crippen LogP contribution is -2.16. The lowest BCUT2D eigenvalue weighted by atomic mass is 9.99. The van der Waals surface area contributed by atoms with E-state index in [1.54, 1.807) is 0 Å². The monoisotopic (exact) mass is 601 g/mol. The smallest absolute Gasteiger partial charge is 0.138 e. The van der Waals surface area contributed by atoms with Crippen molar-refractivity contribution in [2.24, 2.45) is 0 Å². The summed E-state index contributed by atoms with van der Waals surface area (Å²) in [5.41, 5.74) is 13.5. The van der Waals surface area contributed by atoms with Crippen LogP contribution in [0, 0.1) is 6.92 Å². The van der Waals surface area contributed by atoms with Crippen molar-refractivity contribution in [3.05, 3.63) is 151 Å². The van der Waals surface area contributed by atoms with Gasteiger partial charge in [0.15, 0.2) is 0 Å². The zero-order chi connectivity index (χ0) is 30.8. The average Bonchev–Trinajstić information content (AvgIpc) is 3.66. The Morgan fingerprint density at radius 3 is 2.06 bits per heavy atom. The molecule has 0 atom stereocenters. The van der Waals surface area contributed by atoms with Crippen LogP contribution in [0.3, 0.4) is 0 Å². The van der Waals surface area contributed by atoms with Crippen LogP contribution in [-0.4, -0.2) is 13.8 Å². The van der Waals surface area contributed by atoms with Crippen molar-refractivity contribution in [1.29, 1.82) is 0 Å². The largest absolute Gasteiger partial charge is 0.456 e. The Labute approximate surface area is 269 Å². The Morgan fingerprint density at radius 1 is 0.468 bits per heavy atom. The summed E-state index contributed by atoms with van der Waals surface area (Å²) in [5.74, 6) is 0. The molecule has 0 saturated carbocycles. The number of aromatic nitrogens is 3. The van der Waals surface area contributed by atoms with Gasteiger partial charge < -0.3 is 8.98 Å². The van der Waals surface area contributed by atoms with Crippen molar-refractivity contribution in [3.63, 3.8) is 0 Å². The van der Waals surface area contributed by atoms with Crippen molar-refractivity contribution >= 4 is 71.1 Å². The summed E-state index contributed by atoms with van der Waals surface area (Å²) in [6.07, 6.45) is 0. The van der Waals surface area contributed by atoms with Crippen molar-refractivity contribution in [2.75, 3.05) is 0 Å². The Kier molecular flexibility index (Phi) is 4.75. The molecule has 4 heteroatoms. The lowest BCUT2D eigenvalue weighted by molar-refractivity contribution is 0.669. The van der Waals surface area contributed by atoms with Gasteiger partial charge in [-0.25, -0.2) is 9.20 Å². The molecule has 0 aliphatic carbocycles. The standard InChI is InChI=1S/C43H27N3O/c1-26-18-23-35-36(24-26)46-43-37(44(35)29-21-19-28(20-22-29)27-10-3-2-4-11-27)25-39-40(32-13-6-8-17-38(32)47-39)41(43)33-15-9-14-31-30-12-5-7-16-34(30)45(46)42(31)33/h2-25H,1H3. The highest BCUT2D eigenvalue weighted by Crippen LogP contribution is 2.47. The molecule has 220 valence electrons. The molecule has 47 heavy (non-hydrogen) atoms. The maximum atomic E-state index is 6.68. The Hall–Kier alpha value is -6.26. The second-order valence-corrected chi connectivity index (χ2v) is 12.7. The van der Waals surface area contributed by atoms with Gasteiger partial charge in [-0.15, -0.1) is 0 Å². The highest BCUT2D eigenvalue weighted by Gasteiger charge is 2.28. The highest BCUT2D eigenvalue weighted by atomic mass is 16.3. The third-order valence-corrected chi connectivity index (χ3v) is 10.0. The van der Waals surface area contributed by atoms with Gasteiger partial charge in [0.1, 0.15) is 11.2 Å². The van der Waals surface area contributed by atoms with Crippen molar-refractivity contribution < 1.29 is 4.42 Å². The van der Waals surface area contributed by atoms with Gasteiger partial charge in [-0.2, -0.15) is 0 Å². The molecule has 4 heterocycles. The molecule has 0 bridgehead atoms. The number of furan rings is 1. The Morgan fingerprint density at radius 2 is 1.19 bits per heavy atom. The van der Waals surface area contributed by atoms with E-state index < -0.39 is 0 Å². The minimum absolute atomic E-state index is 0.892. The molecule has 0 radical (unpaired) electrons. The van der Waals surface area contributed by atoms with E-state index in [1.165, 1.54) is 49.3 Å². The average molecular weight is 602 g/mol. The molecule has 2 aliphatic heterocycles. The van der Waals surface area contributed by atoms with Crippen LogP contribution in [0.15, 0.2) is 150 Å². The number of rotatable bonds is 2. The Balaban J connectivity index is 1.43. The van der Waals surface area contributed by atoms with Gasteiger partial charge in [0, 0.05) is 44.1 Å². The third-order valence-electron chi connectivity index (χ3n) is 10.0. The molecule has 11 rings (SSSR count). The second-order valence-electron chi connectivity index (χ2n) is 12.7. The number of aryl methyl sites for hydroxylation is 1. The minimum Gasteiger partial charge on any atom is -0.456 e. The van der Waals surface area contributed by atoms with Gasteiger partial charge in [0.05, 0.1) is 33.3 Å². The first-order chi connectivity index (χ1) is 23.2. The molecular weight excluding hydrogens is 574 g/mol. The molecule has 4 nitrogen and oxygen atoms in total. The fourth-order valence-electron chi connectivity index (χ4n) is 8.08. The highest BCUT2D eigenvalue weighted by molar-refractivity contribution is 6.29. The summed E-state index contributed by atoms with van der Waals surface area (Å²) < 4.78 is 14.0. The topological polar surface area (TPSA) is 27.4 Å². The molecule has 7 aromatic carbocycles. The van der Waals surface area contributed by atoms with Crippen molar-refractivity contribution in [2.45, 2.75) is 6.92 Å². The van der Waals surface area contributed by atoms with Crippen molar-refractivity contribution in [1.82, 2.24) is 13.8 Å². The van der Waals surface area contributed by atoms with Crippen LogP contribution < -0.4 is 0 Å². The van der Waals surface area contributed by atoms with Crippen LogP contribution in [0.1, 0.15) is 5.56 Å². The number of fused-ring (bicyclic) bond motifs is 11. The van der Waals surface area contributed by atoms with Crippen LogP contribution in [0.5, 0.6) is 0 Å². The molecular formula is C43H27N3O. The predicted molar refractivity (Wildman–Crippen MR) is 195 cm³/mol. The van der Waals surface area contributed by atoms with E-state index >= 15 is 0 Å². The van der Waals surface area contributed by atoms with Gasteiger partial charge in [-0.1, -0.05) is 103 Å². The molecule has 9 aromatic rings. The molecule has 2 aliphatic rings. The zero-order valence-corrected chi connectivity index (χ0v) is 25.6. The molecule has 0 unspecified atom stereocenters. The van der Waals surface area contributed by atoms with Crippen LogP contribution in [0.2, 0.25) is 0 Å². The van der Waals surface area contributed by atoms with Crippen LogP contribution in [-0.2, 0) is 0 Å². The number of hydrogen-bond acceptors (Lipinski definition) is 1. The number of para-hydroxylation sites is 3. The summed E-state index contributed by atoms with van der Waals surface area (Å²) in [6.45, 7) is 2.18. The van der Waals surface area contributed by atoms with Gasteiger partial charge in [0.2, 0.25) is 0 Å². The van der Waals surface area contributed by atoms with E-state index in [9.17, 15) is 0 Å². The second kappa shape index (κ2) is 8.93. The normalized spacial score (nSPS) is 12.4. The maximum absolute atomic E-state index is 6.68. The summed E-state index contributed by atoms with van der Waals surface area (Å²) in [6, 6.07) is 52.6. The van der Waals surface area contributed by atoms with E-state index in [2.05, 4.69) is 166 Å². The van der Waals surface area contributed by atoms with Gasteiger partial charge in [0.25, 0.3) is 0 Å². The summed E-state index contributed by atoms with van der Waals surface area (Å²) in [5, 5.41) is 7.23. The first-order valence-electron chi connectivity index (χ1n) is 16.1. The first-order valence-corrected chi connectivity index (χ1v) is 16.1. The van der Waals surface area contributed by atoms with E-state index in [-0.39, 0.29) is 0 Å². The molecule has 0 amide bonds. The third kappa shape index (κ3) is 3.21. The van der Waals surface area contributed by atoms with Crippen LogP contribution in [0.4, 0.5) is 0 Å². The number of hydrogen-bond donors (Lipinski definition) is 0. The number of benzene rings is 7. The summed E-state index contributed by atoms with van der Waals surface area (Å²) in [4.78, 5) is 0. The fourth-order valence-corrected chi connectivity index (χ4v) is 8.08. The number of nitrogens with zero attached hydrogens (tertiary/aromatic N) is 3. The first kappa shape index (κ1) is 25.0. The fraction of sp³-hybridized carbons (Fsp3) is 0.0233. The van der Waals surface area contributed by atoms with E-state index in [0.717, 1.165) is 49.9 Å².